The van der Waals surface area contributed by atoms with Gasteiger partial charge in [-0.25, -0.2) is 0 Å². The van der Waals surface area contributed by atoms with Crippen LogP contribution in [0.25, 0.3) is 0 Å². The first-order valence-corrected chi connectivity index (χ1v) is 8.19. The summed E-state index contributed by atoms with van der Waals surface area (Å²) in [6.45, 7) is 0.515. The van der Waals surface area contributed by atoms with Crippen LogP contribution >= 0.6 is 0 Å². The number of hydrogen-bond acceptors (Lipinski definition) is 6. The third-order valence-electron chi connectivity index (χ3n) is 3.86. The molecule has 0 radical (unpaired) electrons. The predicted molar refractivity (Wildman–Crippen MR) is 99.6 cm³/mol. The van der Waals surface area contributed by atoms with Crippen LogP contribution in [-0.2, 0) is 6.54 Å². The Morgan fingerprint density at radius 2 is 1.81 bits per heavy atom. The van der Waals surface area contributed by atoms with Gasteiger partial charge in [-0.2, -0.15) is 5.10 Å². The molecule has 0 saturated heterocycles. The average Bonchev–Trinajstić information content (AvgIpc) is 3.14. The molecule has 0 aliphatic carbocycles. The Kier molecular flexibility index (Phi) is 5.55. The second-order valence-corrected chi connectivity index (χ2v) is 5.59. The molecule has 3 rings (SSSR count). The second-order valence-electron chi connectivity index (χ2n) is 5.59. The maximum absolute atomic E-state index is 12.6. The quantitative estimate of drug-likeness (QED) is 0.690. The van der Waals surface area contributed by atoms with Crippen LogP contribution in [0.15, 0.2) is 48.8 Å². The average molecular weight is 368 g/mol. The molecule has 2 aromatic heterocycles. The molecule has 3 aromatic rings. The van der Waals surface area contributed by atoms with Gasteiger partial charge >= 0.3 is 0 Å². The van der Waals surface area contributed by atoms with E-state index in [0.717, 1.165) is 5.69 Å². The highest BCUT2D eigenvalue weighted by Crippen LogP contribution is 2.38. The molecule has 0 fully saturated rings. The van der Waals surface area contributed by atoms with Crippen LogP contribution in [0.1, 0.15) is 16.1 Å². The Bertz CT molecular complexity index is 899. The van der Waals surface area contributed by atoms with Crippen LogP contribution in [0.4, 0.5) is 5.82 Å². The molecule has 0 spiro atoms. The molecule has 0 saturated carbocycles. The van der Waals surface area contributed by atoms with Gasteiger partial charge in [0, 0.05) is 24.0 Å². The van der Waals surface area contributed by atoms with Crippen LogP contribution in [0, 0.1) is 0 Å². The van der Waals surface area contributed by atoms with E-state index in [1.807, 2.05) is 18.2 Å². The minimum atomic E-state index is -0.336. The van der Waals surface area contributed by atoms with Gasteiger partial charge in [0.05, 0.1) is 33.6 Å². The van der Waals surface area contributed by atoms with Crippen molar-refractivity contribution in [3.05, 3.63) is 60.0 Å². The van der Waals surface area contributed by atoms with Crippen molar-refractivity contribution < 1.29 is 19.0 Å². The number of rotatable bonds is 7. The second kappa shape index (κ2) is 8.22. The SMILES string of the molecule is COc1cc(C(=O)Nc2ccn(Cc3ccccn3)n2)cc(OC)c1OC. The third-order valence-corrected chi connectivity index (χ3v) is 3.86. The summed E-state index contributed by atoms with van der Waals surface area (Å²) in [7, 11) is 4.50. The first-order chi connectivity index (χ1) is 13.1. The number of anilines is 1. The summed E-state index contributed by atoms with van der Waals surface area (Å²) in [5.74, 6) is 1.34. The number of ether oxygens (including phenoxy) is 3. The van der Waals surface area contributed by atoms with E-state index < -0.39 is 0 Å². The molecular weight excluding hydrogens is 348 g/mol. The van der Waals surface area contributed by atoms with Crippen LogP contribution in [0.2, 0.25) is 0 Å². The summed E-state index contributed by atoms with van der Waals surface area (Å²) in [5.41, 5.74) is 1.24. The highest BCUT2D eigenvalue weighted by molar-refractivity contribution is 6.04. The lowest BCUT2D eigenvalue weighted by Crippen LogP contribution is -2.13. The van der Waals surface area contributed by atoms with Crippen molar-refractivity contribution in [2.45, 2.75) is 6.54 Å². The van der Waals surface area contributed by atoms with Crippen molar-refractivity contribution in [2.75, 3.05) is 26.6 Å². The van der Waals surface area contributed by atoms with Gasteiger partial charge in [-0.3, -0.25) is 14.5 Å². The molecule has 1 amide bonds. The predicted octanol–water partition coefficient (Wildman–Crippen LogP) is 2.60. The van der Waals surface area contributed by atoms with E-state index in [1.165, 1.54) is 21.3 Å². The zero-order valence-corrected chi connectivity index (χ0v) is 15.3. The zero-order valence-electron chi connectivity index (χ0n) is 15.3. The Balaban J connectivity index is 1.76. The van der Waals surface area contributed by atoms with Gasteiger partial charge in [0.25, 0.3) is 5.91 Å². The molecule has 140 valence electrons. The standard InChI is InChI=1S/C19H20N4O4/c1-25-15-10-13(11-16(26-2)18(15)27-3)19(24)21-17-7-9-23(22-17)12-14-6-4-5-8-20-14/h4-11H,12H2,1-3H3,(H,21,22,24). The van der Waals surface area contributed by atoms with Gasteiger partial charge in [0.1, 0.15) is 0 Å². The lowest BCUT2D eigenvalue weighted by atomic mass is 10.1. The highest BCUT2D eigenvalue weighted by Gasteiger charge is 2.17. The van der Waals surface area contributed by atoms with Crippen molar-refractivity contribution in [1.29, 1.82) is 0 Å². The molecule has 8 nitrogen and oxygen atoms in total. The monoisotopic (exact) mass is 368 g/mol. The summed E-state index contributed by atoms with van der Waals surface area (Å²) < 4.78 is 17.5. The summed E-state index contributed by atoms with van der Waals surface area (Å²) in [6, 6.07) is 10.6. The van der Waals surface area contributed by atoms with E-state index in [9.17, 15) is 4.79 Å². The Hall–Kier alpha value is -3.55. The van der Waals surface area contributed by atoms with Gasteiger partial charge in [-0.1, -0.05) is 6.07 Å². The van der Waals surface area contributed by atoms with Gasteiger partial charge in [-0.05, 0) is 24.3 Å². The number of nitrogens with zero attached hydrogens (tertiary/aromatic N) is 3. The summed E-state index contributed by atoms with van der Waals surface area (Å²) in [6.07, 6.45) is 3.51. The van der Waals surface area contributed by atoms with E-state index in [-0.39, 0.29) is 5.91 Å². The summed E-state index contributed by atoms with van der Waals surface area (Å²) in [5, 5.41) is 7.11. The van der Waals surface area contributed by atoms with Crippen LogP contribution in [0.3, 0.4) is 0 Å². The minimum absolute atomic E-state index is 0.336. The maximum atomic E-state index is 12.6. The number of carbonyl (C=O) groups excluding carboxylic acids is 1. The van der Waals surface area contributed by atoms with Crippen molar-refractivity contribution in [2.24, 2.45) is 0 Å². The summed E-state index contributed by atoms with van der Waals surface area (Å²) >= 11 is 0. The number of pyridine rings is 1. The molecule has 0 bridgehead atoms. The number of benzene rings is 1. The van der Waals surface area contributed by atoms with Gasteiger partial charge in [0.15, 0.2) is 17.3 Å². The first-order valence-electron chi connectivity index (χ1n) is 8.19. The fourth-order valence-corrected chi connectivity index (χ4v) is 2.57. The van der Waals surface area contributed by atoms with Crippen molar-refractivity contribution in [3.63, 3.8) is 0 Å². The molecule has 8 heteroatoms. The molecule has 0 unspecified atom stereocenters. The van der Waals surface area contributed by atoms with Crippen LogP contribution < -0.4 is 19.5 Å². The van der Waals surface area contributed by atoms with Crippen LogP contribution in [0.5, 0.6) is 17.2 Å². The molecule has 0 atom stereocenters. The normalized spacial score (nSPS) is 10.3. The van der Waals surface area contributed by atoms with E-state index in [4.69, 9.17) is 14.2 Å². The van der Waals surface area contributed by atoms with E-state index >= 15 is 0 Å². The zero-order chi connectivity index (χ0) is 19.2. The smallest absolute Gasteiger partial charge is 0.257 e. The van der Waals surface area contributed by atoms with Crippen molar-refractivity contribution in [3.8, 4) is 17.2 Å². The fraction of sp³-hybridized carbons (Fsp3) is 0.211. The van der Waals surface area contributed by atoms with Crippen LogP contribution in [-0.4, -0.2) is 42.0 Å². The van der Waals surface area contributed by atoms with Crippen molar-refractivity contribution in [1.82, 2.24) is 14.8 Å². The van der Waals surface area contributed by atoms with E-state index in [1.54, 1.807) is 35.3 Å². The Labute approximate surface area is 156 Å². The molecule has 1 aromatic carbocycles. The fourth-order valence-electron chi connectivity index (χ4n) is 2.57. The molecule has 1 N–H and O–H groups in total. The minimum Gasteiger partial charge on any atom is -0.493 e. The number of hydrogen-bond donors (Lipinski definition) is 1. The number of nitrogens with one attached hydrogen (secondary N) is 1. The van der Waals surface area contributed by atoms with E-state index in [2.05, 4.69) is 15.4 Å². The molecule has 2 heterocycles. The largest absolute Gasteiger partial charge is 0.493 e. The van der Waals surface area contributed by atoms with Gasteiger partial charge in [0.2, 0.25) is 5.75 Å². The van der Waals surface area contributed by atoms with E-state index in [0.29, 0.717) is 35.2 Å². The lowest BCUT2D eigenvalue weighted by Gasteiger charge is -2.13. The van der Waals surface area contributed by atoms with Gasteiger partial charge in [-0.15, -0.1) is 0 Å². The van der Waals surface area contributed by atoms with Crippen molar-refractivity contribution >= 4 is 11.7 Å². The molecular formula is C19H20N4O4. The third kappa shape index (κ3) is 4.17. The number of carbonyl (C=O) groups is 1. The molecule has 27 heavy (non-hydrogen) atoms. The Morgan fingerprint density at radius 1 is 1.07 bits per heavy atom. The van der Waals surface area contributed by atoms with Gasteiger partial charge < -0.3 is 19.5 Å². The highest BCUT2D eigenvalue weighted by atomic mass is 16.5. The number of amides is 1. The first kappa shape index (κ1) is 18.2. The number of methoxy groups -OCH3 is 3. The molecule has 0 aliphatic heterocycles. The molecule has 0 aliphatic rings. The lowest BCUT2D eigenvalue weighted by molar-refractivity contribution is 0.102. The maximum Gasteiger partial charge on any atom is 0.257 e. The summed E-state index contributed by atoms with van der Waals surface area (Å²) in [4.78, 5) is 16.9. The number of aromatic nitrogens is 3. The topological polar surface area (TPSA) is 87.5 Å². The Morgan fingerprint density at radius 3 is 2.41 bits per heavy atom.